The van der Waals surface area contributed by atoms with Crippen LogP contribution in [0.1, 0.15) is 16.8 Å². The summed E-state index contributed by atoms with van der Waals surface area (Å²) < 4.78 is 36.4. The van der Waals surface area contributed by atoms with Crippen LogP contribution in [0, 0.1) is 11.6 Å². The number of halogens is 2. The molecule has 0 aliphatic rings. The van der Waals surface area contributed by atoms with E-state index in [9.17, 15) is 13.6 Å². The molecule has 31 heavy (non-hydrogen) atoms. The van der Waals surface area contributed by atoms with Crippen LogP contribution in [0.15, 0.2) is 55.2 Å². The van der Waals surface area contributed by atoms with Crippen molar-refractivity contribution in [1.29, 1.82) is 0 Å². The van der Waals surface area contributed by atoms with Gasteiger partial charge in [0.15, 0.2) is 17.2 Å². The van der Waals surface area contributed by atoms with E-state index >= 15 is 0 Å². The summed E-state index contributed by atoms with van der Waals surface area (Å²) in [7, 11) is 0. The molecule has 0 radical (unpaired) electrons. The Morgan fingerprint density at radius 3 is 2.74 bits per heavy atom. The zero-order valence-corrected chi connectivity index (χ0v) is 16.3. The van der Waals surface area contributed by atoms with Crippen molar-refractivity contribution in [3.8, 4) is 22.9 Å². The Bertz CT molecular complexity index is 1230. The summed E-state index contributed by atoms with van der Waals surface area (Å²) in [5, 5.41) is 2.70. The smallest absolute Gasteiger partial charge is 0.252 e. The topological polar surface area (TPSA) is 107 Å². The summed E-state index contributed by atoms with van der Waals surface area (Å²) in [5.74, 6) is -2.86. The second kappa shape index (κ2) is 8.84. The van der Waals surface area contributed by atoms with Gasteiger partial charge in [-0.1, -0.05) is 0 Å². The average Bonchev–Trinajstić information content (AvgIpc) is 3.22. The highest BCUT2D eigenvalue weighted by molar-refractivity contribution is 5.93. The predicted octanol–water partition coefficient (Wildman–Crippen LogP) is 2.94. The molecule has 0 unspecified atom stereocenters. The maximum absolute atomic E-state index is 14.8. The van der Waals surface area contributed by atoms with Crippen LogP contribution in [-0.2, 0) is 0 Å². The summed E-state index contributed by atoms with van der Waals surface area (Å²) in [5.41, 5.74) is 6.62. The van der Waals surface area contributed by atoms with E-state index in [0.29, 0.717) is 36.4 Å². The molecule has 3 heterocycles. The summed E-state index contributed by atoms with van der Waals surface area (Å²) >= 11 is 0. The SMILES string of the molecule is NCCCNC(=O)c1ccc(Oc2ccc(-c3cnc4cnccn34)c(F)c2F)nc1. The third-order valence-corrected chi connectivity index (χ3v) is 4.52. The number of amides is 1. The van der Waals surface area contributed by atoms with Gasteiger partial charge in [-0.3, -0.25) is 14.2 Å². The largest absolute Gasteiger partial charge is 0.436 e. The first-order chi connectivity index (χ1) is 15.1. The lowest BCUT2D eigenvalue weighted by Gasteiger charge is -2.10. The quantitative estimate of drug-likeness (QED) is 0.442. The van der Waals surface area contributed by atoms with E-state index in [2.05, 4.69) is 20.3 Å². The Balaban J connectivity index is 1.53. The number of hydrogen-bond donors (Lipinski definition) is 2. The van der Waals surface area contributed by atoms with Crippen molar-refractivity contribution in [3.63, 3.8) is 0 Å². The Morgan fingerprint density at radius 1 is 1.10 bits per heavy atom. The molecule has 1 aromatic carbocycles. The minimum Gasteiger partial charge on any atom is -0.436 e. The van der Waals surface area contributed by atoms with E-state index in [1.54, 1.807) is 10.6 Å². The monoisotopic (exact) mass is 424 g/mol. The van der Waals surface area contributed by atoms with Crippen LogP contribution in [0.2, 0.25) is 0 Å². The van der Waals surface area contributed by atoms with E-state index in [-0.39, 0.29) is 23.1 Å². The Kier molecular flexibility index (Phi) is 5.80. The fraction of sp³-hybridized carbons (Fsp3) is 0.143. The van der Waals surface area contributed by atoms with Gasteiger partial charge in [-0.2, -0.15) is 4.39 Å². The molecule has 0 aliphatic carbocycles. The fourth-order valence-electron chi connectivity index (χ4n) is 2.94. The number of fused-ring (bicyclic) bond motifs is 1. The van der Waals surface area contributed by atoms with Gasteiger partial charge in [-0.25, -0.2) is 14.4 Å². The van der Waals surface area contributed by atoms with Crippen LogP contribution >= 0.6 is 0 Å². The number of benzene rings is 1. The van der Waals surface area contributed by atoms with Gasteiger partial charge >= 0.3 is 0 Å². The molecule has 0 spiro atoms. The number of rotatable bonds is 7. The first kappa shape index (κ1) is 20.4. The third-order valence-electron chi connectivity index (χ3n) is 4.52. The van der Waals surface area contributed by atoms with Gasteiger partial charge in [0.1, 0.15) is 0 Å². The molecule has 158 valence electrons. The van der Waals surface area contributed by atoms with Gasteiger partial charge in [0.25, 0.3) is 5.91 Å². The second-order valence-corrected chi connectivity index (χ2v) is 6.57. The summed E-state index contributed by atoms with van der Waals surface area (Å²) in [6.45, 7) is 0.925. The number of carbonyl (C=O) groups is 1. The van der Waals surface area contributed by atoms with Crippen molar-refractivity contribution < 1.29 is 18.3 Å². The highest BCUT2D eigenvalue weighted by Crippen LogP contribution is 2.32. The lowest BCUT2D eigenvalue weighted by molar-refractivity contribution is 0.0953. The predicted molar refractivity (Wildman–Crippen MR) is 109 cm³/mol. The maximum atomic E-state index is 14.8. The minimum atomic E-state index is -1.16. The number of nitrogens with one attached hydrogen (secondary N) is 1. The molecule has 0 aliphatic heterocycles. The first-order valence-electron chi connectivity index (χ1n) is 9.46. The Morgan fingerprint density at radius 2 is 1.97 bits per heavy atom. The zero-order valence-electron chi connectivity index (χ0n) is 16.3. The van der Waals surface area contributed by atoms with Gasteiger partial charge in [0.2, 0.25) is 11.7 Å². The molecule has 3 aromatic heterocycles. The molecule has 3 N–H and O–H groups in total. The van der Waals surface area contributed by atoms with Gasteiger partial charge in [-0.05, 0) is 31.2 Å². The number of nitrogens with two attached hydrogens (primary N) is 1. The standard InChI is InChI=1S/C21H18F2N6O2/c22-19-14(15-11-27-17-12-25-8-9-29(15)17)3-4-16(20(19)23)31-18-5-2-13(10-28-18)21(30)26-7-1-6-24/h2-5,8-12H,1,6-7,24H2,(H,26,30). The van der Waals surface area contributed by atoms with Crippen LogP contribution in [0.3, 0.4) is 0 Å². The van der Waals surface area contributed by atoms with Crippen LogP contribution in [0.5, 0.6) is 11.6 Å². The maximum Gasteiger partial charge on any atom is 0.252 e. The van der Waals surface area contributed by atoms with Crippen molar-refractivity contribution in [3.05, 3.63) is 72.4 Å². The Hall–Kier alpha value is -3.92. The molecule has 0 atom stereocenters. The molecule has 4 rings (SSSR count). The highest BCUT2D eigenvalue weighted by Gasteiger charge is 2.19. The van der Waals surface area contributed by atoms with Crippen LogP contribution in [0.25, 0.3) is 16.9 Å². The molecule has 8 nitrogen and oxygen atoms in total. The molecule has 0 saturated carbocycles. The van der Waals surface area contributed by atoms with Crippen molar-refractivity contribution in [2.24, 2.45) is 5.73 Å². The molecule has 0 bridgehead atoms. The number of imidazole rings is 1. The van der Waals surface area contributed by atoms with Gasteiger partial charge < -0.3 is 15.8 Å². The van der Waals surface area contributed by atoms with Crippen LogP contribution in [0.4, 0.5) is 8.78 Å². The minimum absolute atomic E-state index is 0.0189. The molecule has 10 heteroatoms. The van der Waals surface area contributed by atoms with Crippen LogP contribution in [-0.4, -0.2) is 38.3 Å². The van der Waals surface area contributed by atoms with E-state index in [0.717, 1.165) is 0 Å². The summed E-state index contributed by atoms with van der Waals surface area (Å²) in [6.07, 6.45) is 8.04. The van der Waals surface area contributed by atoms with Gasteiger partial charge in [-0.15, -0.1) is 0 Å². The normalized spacial score (nSPS) is 10.9. The highest BCUT2D eigenvalue weighted by atomic mass is 19.2. The molecular formula is C21H18F2N6O2. The van der Waals surface area contributed by atoms with Crippen molar-refractivity contribution in [2.45, 2.75) is 6.42 Å². The number of carbonyl (C=O) groups excluding carboxylic acids is 1. The second-order valence-electron chi connectivity index (χ2n) is 6.57. The molecule has 1 amide bonds. The molecule has 4 aromatic rings. The van der Waals surface area contributed by atoms with E-state index in [4.69, 9.17) is 10.5 Å². The van der Waals surface area contributed by atoms with E-state index in [1.807, 2.05) is 0 Å². The lowest BCUT2D eigenvalue weighted by Crippen LogP contribution is -2.25. The van der Waals surface area contributed by atoms with Crippen molar-refractivity contribution >= 4 is 11.6 Å². The van der Waals surface area contributed by atoms with Gasteiger partial charge in [0, 0.05) is 36.8 Å². The molecular weight excluding hydrogens is 406 g/mol. The van der Waals surface area contributed by atoms with Crippen LogP contribution < -0.4 is 15.8 Å². The fourth-order valence-corrected chi connectivity index (χ4v) is 2.94. The number of pyridine rings is 1. The number of aromatic nitrogens is 4. The van der Waals surface area contributed by atoms with E-state index in [1.165, 1.54) is 49.1 Å². The van der Waals surface area contributed by atoms with Crippen molar-refractivity contribution in [2.75, 3.05) is 13.1 Å². The zero-order chi connectivity index (χ0) is 21.8. The number of nitrogens with zero attached hydrogens (tertiary/aromatic N) is 4. The number of hydrogen-bond acceptors (Lipinski definition) is 6. The molecule has 0 saturated heterocycles. The summed E-state index contributed by atoms with van der Waals surface area (Å²) in [6, 6.07) is 5.59. The number of ether oxygens (including phenoxy) is 1. The first-order valence-corrected chi connectivity index (χ1v) is 9.46. The molecule has 0 fully saturated rings. The van der Waals surface area contributed by atoms with Crippen molar-refractivity contribution in [1.82, 2.24) is 24.7 Å². The van der Waals surface area contributed by atoms with Gasteiger partial charge in [0.05, 0.1) is 23.7 Å². The van der Waals surface area contributed by atoms with E-state index < -0.39 is 11.6 Å². The summed E-state index contributed by atoms with van der Waals surface area (Å²) in [4.78, 5) is 24.0. The third kappa shape index (κ3) is 4.19. The Labute approximate surface area is 175 Å². The lowest BCUT2D eigenvalue weighted by atomic mass is 10.1. The average molecular weight is 424 g/mol.